The number of methoxy groups -OCH3 is 1. The molecule has 3 spiro atoms. The van der Waals surface area contributed by atoms with Gasteiger partial charge in [-0.25, -0.2) is 0 Å². The van der Waals surface area contributed by atoms with E-state index in [1.54, 1.807) is 0 Å². The molecule has 0 unspecified atom stereocenters. The van der Waals surface area contributed by atoms with Crippen LogP contribution in [0.15, 0.2) is 24.3 Å². The highest BCUT2D eigenvalue weighted by molar-refractivity contribution is 5.90. The molecule has 1 aromatic rings. The molecule has 142 valence electrons. The zero-order valence-electron chi connectivity index (χ0n) is 15.8. The Morgan fingerprint density at radius 2 is 2.04 bits per heavy atom. The minimum absolute atomic E-state index is 0.129. The van der Waals surface area contributed by atoms with Gasteiger partial charge in [0.1, 0.15) is 0 Å². The van der Waals surface area contributed by atoms with Crippen molar-refractivity contribution in [2.45, 2.75) is 55.5 Å². The summed E-state index contributed by atoms with van der Waals surface area (Å²) in [5.41, 5.74) is 1.89. The first-order chi connectivity index (χ1) is 13.1. The molecule has 2 saturated heterocycles. The van der Waals surface area contributed by atoms with Crippen molar-refractivity contribution in [2.75, 3.05) is 25.1 Å². The molecule has 27 heavy (non-hydrogen) atoms. The van der Waals surface area contributed by atoms with E-state index in [1.165, 1.54) is 25.5 Å². The Morgan fingerprint density at radius 1 is 1.19 bits per heavy atom. The highest BCUT2D eigenvalue weighted by Gasteiger charge is 2.80. The predicted molar refractivity (Wildman–Crippen MR) is 100 cm³/mol. The van der Waals surface area contributed by atoms with Gasteiger partial charge >= 0.3 is 5.97 Å². The number of piperidine rings is 1. The lowest BCUT2D eigenvalue weighted by Gasteiger charge is -2.69. The summed E-state index contributed by atoms with van der Waals surface area (Å²) in [4.78, 5) is 30.2. The lowest BCUT2D eigenvalue weighted by atomic mass is 9.38. The quantitative estimate of drug-likeness (QED) is 0.596. The minimum Gasteiger partial charge on any atom is -0.469 e. The molecule has 5 nitrogen and oxygen atoms in total. The third-order valence-electron chi connectivity index (χ3n) is 8.95. The van der Waals surface area contributed by atoms with Crippen LogP contribution in [-0.2, 0) is 19.7 Å². The van der Waals surface area contributed by atoms with Crippen LogP contribution in [0.4, 0.5) is 5.69 Å². The van der Waals surface area contributed by atoms with Gasteiger partial charge in [0.15, 0.2) is 0 Å². The van der Waals surface area contributed by atoms with Crippen molar-refractivity contribution < 1.29 is 14.3 Å². The molecule has 3 aliphatic carbocycles. The first kappa shape index (κ1) is 16.1. The van der Waals surface area contributed by atoms with Crippen molar-refractivity contribution in [3.8, 4) is 0 Å². The number of anilines is 1. The average Bonchev–Trinajstić information content (AvgIpc) is 3.23. The number of rotatable bonds is 2. The van der Waals surface area contributed by atoms with E-state index in [2.05, 4.69) is 23.1 Å². The van der Waals surface area contributed by atoms with Crippen molar-refractivity contribution >= 4 is 18.1 Å². The van der Waals surface area contributed by atoms with E-state index in [9.17, 15) is 9.59 Å². The van der Waals surface area contributed by atoms with Gasteiger partial charge in [0.25, 0.3) is 0 Å². The van der Waals surface area contributed by atoms with Crippen LogP contribution >= 0.6 is 0 Å². The van der Waals surface area contributed by atoms with Crippen LogP contribution in [0.3, 0.4) is 0 Å². The Balaban J connectivity index is 1.69. The maximum Gasteiger partial charge on any atom is 0.311 e. The third-order valence-corrected chi connectivity index (χ3v) is 8.95. The van der Waals surface area contributed by atoms with E-state index in [-0.39, 0.29) is 22.7 Å². The molecule has 1 amide bonds. The summed E-state index contributed by atoms with van der Waals surface area (Å²) in [5, 5.41) is 0. The molecule has 5 fully saturated rings. The van der Waals surface area contributed by atoms with Crippen LogP contribution in [0.25, 0.3) is 0 Å². The Bertz CT molecular complexity index is 856. The summed E-state index contributed by atoms with van der Waals surface area (Å²) in [7, 11) is 1.50. The van der Waals surface area contributed by atoms with Gasteiger partial charge in [0.2, 0.25) is 6.41 Å². The van der Waals surface area contributed by atoms with Crippen molar-refractivity contribution in [3.05, 3.63) is 29.8 Å². The second-order valence-corrected chi connectivity index (χ2v) is 9.32. The first-order valence-electron chi connectivity index (χ1n) is 10.3. The molecule has 0 N–H and O–H groups in total. The Kier molecular flexibility index (Phi) is 2.94. The number of hydrogen-bond donors (Lipinski definition) is 0. The summed E-state index contributed by atoms with van der Waals surface area (Å²) in [6.07, 6.45) is 7.32. The topological polar surface area (TPSA) is 49.9 Å². The number of nitrogens with zero attached hydrogens (tertiary/aromatic N) is 2. The molecule has 6 aliphatic rings. The fourth-order valence-electron chi connectivity index (χ4n) is 8.44. The number of fused-ring (bicyclic) bond motifs is 3. The maximum atomic E-state index is 13.1. The van der Waals surface area contributed by atoms with Gasteiger partial charge in [-0.05, 0) is 68.7 Å². The van der Waals surface area contributed by atoms with Crippen molar-refractivity contribution in [1.82, 2.24) is 4.90 Å². The number of ether oxygens (including phenoxy) is 1. The highest BCUT2D eigenvalue weighted by Crippen LogP contribution is 2.75. The fourth-order valence-corrected chi connectivity index (χ4v) is 8.44. The number of carbonyl (C=O) groups is 2. The van der Waals surface area contributed by atoms with E-state index in [0.717, 1.165) is 50.9 Å². The molecule has 3 heterocycles. The van der Waals surface area contributed by atoms with E-state index < -0.39 is 5.54 Å². The van der Waals surface area contributed by atoms with Gasteiger partial charge in [-0.3, -0.25) is 14.5 Å². The molecule has 7 rings (SSSR count). The third kappa shape index (κ3) is 1.49. The number of benzene rings is 1. The van der Waals surface area contributed by atoms with Gasteiger partial charge in [0, 0.05) is 17.1 Å². The second-order valence-electron chi connectivity index (χ2n) is 9.32. The number of esters is 1. The van der Waals surface area contributed by atoms with Crippen molar-refractivity contribution in [1.29, 1.82) is 0 Å². The summed E-state index contributed by atoms with van der Waals surface area (Å²) < 4.78 is 5.32. The van der Waals surface area contributed by atoms with Gasteiger partial charge < -0.3 is 9.64 Å². The van der Waals surface area contributed by atoms with E-state index in [1.807, 2.05) is 11.0 Å². The van der Waals surface area contributed by atoms with Gasteiger partial charge in [-0.2, -0.15) is 0 Å². The molecule has 1 aromatic carbocycles. The van der Waals surface area contributed by atoms with Gasteiger partial charge in [-0.15, -0.1) is 0 Å². The monoisotopic (exact) mass is 366 g/mol. The summed E-state index contributed by atoms with van der Waals surface area (Å²) >= 11 is 0. The SMILES string of the molecule is COC(=O)[C@H]1C[C@]23CCCN4CC[C@@]5(c6ccccc6N(C=O)[C@@]15CC2)[C@@H]43. The van der Waals surface area contributed by atoms with E-state index in [0.29, 0.717) is 6.04 Å². The van der Waals surface area contributed by atoms with Crippen molar-refractivity contribution in [2.24, 2.45) is 11.3 Å². The van der Waals surface area contributed by atoms with Gasteiger partial charge in [-0.1, -0.05) is 18.2 Å². The number of para-hydroxylation sites is 1. The predicted octanol–water partition coefficient (Wildman–Crippen LogP) is 2.48. The minimum atomic E-state index is -0.468. The zero-order valence-corrected chi connectivity index (χ0v) is 15.8. The smallest absolute Gasteiger partial charge is 0.311 e. The fraction of sp³-hybridized carbons (Fsp3) is 0.636. The largest absolute Gasteiger partial charge is 0.469 e. The molecule has 5 atom stereocenters. The van der Waals surface area contributed by atoms with E-state index in [4.69, 9.17) is 4.74 Å². The van der Waals surface area contributed by atoms with E-state index >= 15 is 0 Å². The van der Waals surface area contributed by atoms with Crippen LogP contribution < -0.4 is 4.90 Å². The molecule has 5 heteroatoms. The van der Waals surface area contributed by atoms with Crippen LogP contribution in [0.2, 0.25) is 0 Å². The molecule has 3 aliphatic heterocycles. The molecule has 0 aromatic heterocycles. The summed E-state index contributed by atoms with van der Waals surface area (Å²) in [5.74, 6) is -0.362. The normalized spacial score (nSPS) is 43.8. The molecular weight excluding hydrogens is 340 g/mol. The van der Waals surface area contributed by atoms with Crippen LogP contribution in [0, 0.1) is 11.3 Å². The highest BCUT2D eigenvalue weighted by atomic mass is 16.5. The number of hydrogen-bond acceptors (Lipinski definition) is 4. The Hall–Kier alpha value is -1.88. The number of carbonyl (C=O) groups excluding carboxylic acids is 2. The Labute approximate surface area is 159 Å². The lowest BCUT2D eigenvalue weighted by molar-refractivity contribution is -0.175. The van der Waals surface area contributed by atoms with Crippen molar-refractivity contribution in [3.63, 3.8) is 0 Å². The lowest BCUT2D eigenvalue weighted by Crippen LogP contribution is -2.78. The molecule has 3 saturated carbocycles. The standard InChI is InChI=1S/C22H26N2O3/c1-27-18(26)16-13-20-7-4-11-23-12-10-21(19(20)23)15-5-2-3-6-17(15)24(14-25)22(16,21)9-8-20/h2-3,5-6,14,16,19H,4,7-13H2,1H3/t16-,19+,20+,21-,22+/m1/s1. The second kappa shape index (κ2) is 4.93. The zero-order chi connectivity index (χ0) is 18.4. The van der Waals surface area contributed by atoms with Gasteiger partial charge in [0.05, 0.1) is 18.6 Å². The van der Waals surface area contributed by atoms with Crippen LogP contribution in [-0.4, -0.2) is 49.1 Å². The molecule has 0 radical (unpaired) electrons. The molecule has 2 bridgehead atoms. The van der Waals surface area contributed by atoms with Crippen LogP contribution in [0.1, 0.15) is 44.1 Å². The molecular formula is C22H26N2O3. The Morgan fingerprint density at radius 3 is 2.85 bits per heavy atom. The van der Waals surface area contributed by atoms with Crippen LogP contribution in [0.5, 0.6) is 0 Å². The number of amides is 1. The summed E-state index contributed by atoms with van der Waals surface area (Å²) in [6.45, 7) is 2.22. The first-order valence-corrected chi connectivity index (χ1v) is 10.3. The maximum absolute atomic E-state index is 13.1. The summed E-state index contributed by atoms with van der Waals surface area (Å²) in [6, 6.07) is 8.86. The average molecular weight is 366 g/mol.